The number of methoxy groups -OCH3 is 2. The lowest BCUT2D eigenvalue weighted by Gasteiger charge is -2.10. The first kappa shape index (κ1) is 22.4. The summed E-state index contributed by atoms with van der Waals surface area (Å²) in [6.45, 7) is 0.276. The number of nitrogens with zero attached hydrogens (tertiary/aromatic N) is 3. The number of fused-ring (bicyclic) bond motifs is 1. The highest BCUT2D eigenvalue weighted by molar-refractivity contribution is 7.21. The molecule has 176 valence electrons. The number of anilines is 1. The van der Waals surface area contributed by atoms with E-state index in [1.807, 2.05) is 42.5 Å². The number of carbonyl (C=O) groups is 1. The Morgan fingerprint density at radius 2 is 1.69 bits per heavy atom. The summed E-state index contributed by atoms with van der Waals surface area (Å²) in [5.41, 5.74) is 3.23. The Labute approximate surface area is 204 Å². The lowest BCUT2D eigenvalue weighted by atomic mass is 10.0. The van der Waals surface area contributed by atoms with Crippen molar-refractivity contribution in [1.29, 1.82) is 0 Å². The monoisotopic (exact) mass is 487 g/mol. The number of hydrogen-bond donors (Lipinski definition) is 2. The average Bonchev–Trinajstić information content (AvgIpc) is 3.54. The average molecular weight is 488 g/mol. The van der Waals surface area contributed by atoms with Gasteiger partial charge in [0.25, 0.3) is 11.9 Å². The van der Waals surface area contributed by atoms with E-state index in [1.54, 1.807) is 14.2 Å². The molecule has 9 nitrogen and oxygen atoms in total. The van der Waals surface area contributed by atoms with Crippen LogP contribution in [0.5, 0.6) is 17.2 Å². The van der Waals surface area contributed by atoms with Crippen molar-refractivity contribution in [1.82, 2.24) is 20.6 Å². The van der Waals surface area contributed by atoms with Crippen LogP contribution in [0, 0.1) is 0 Å². The zero-order chi connectivity index (χ0) is 24.2. The van der Waals surface area contributed by atoms with Gasteiger partial charge in [-0.1, -0.05) is 59.7 Å². The number of ether oxygens (including phenoxy) is 3. The Morgan fingerprint density at radius 1 is 0.971 bits per heavy atom. The highest BCUT2D eigenvalue weighted by Crippen LogP contribution is 2.44. The fourth-order valence-electron chi connectivity index (χ4n) is 3.65. The molecule has 5 aromatic rings. The summed E-state index contributed by atoms with van der Waals surface area (Å²) in [7, 11) is 3.13. The molecule has 0 unspecified atom stereocenters. The summed E-state index contributed by atoms with van der Waals surface area (Å²) in [6, 6.07) is 21.9. The van der Waals surface area contributed by atoms with E-state index in [2.05, 4.69) is 50.2 Å². The first-order valence-corrected chi connectivity index (χ1v) is 11.5. The molecule has 0 fully saturated rings. The Kier molecular flexibility index (Phi) is 6.27. The van der Waals surface area contributed by atoms with E-state index < -0.39 is 5.91 Å². The molecular weight excluding hydrogens is 466 g/mol. The fourth-order valence-corrected chi connectivity index (χ4v) is 4.70. The van der Waals surface area contributed by atoms with Gasteiger partial charge in [-0.3, -0.25) is 10.1 Å². The highest BCUT2D eigenvalue weighted by atomic mass is 32.1. The van der Waals surface area contributed by atoms with Crippen molar-refractivity contribution in [3.63, 3.8) is 0 Å². The predicted octanol–water partition coefficient (Wildman–Crippen LogP) is 4.93. The van der Waals surface area contributed by atoms with E-state index in [0.29, 0.717) is 22.1 Å². The summed E-state index contributed by atoms with van der Waals surface area (Å²) in [5, 5.41) is 16.7. The number of amides is 1. The van der Waals surface area contributed by atoms with Crippen molar-refractivity contribution < 1.29 is 19.0 Å². The van der Waals surface area contributed by atoms with Crippen molar-refractivity contribution >= 4 is 33.3 Å². The van der Waals surface area contributed by atoms with Gasteiger partial charge in [0, 0.05) is 16.2 Å². The summed E-state index contributed by atoms with van der Waals surface area (Å²) in [4.78, 5) is 13.4. The molecule has 10 heteroatoms. The number of aromatic nitrogens is 4. The second kappa shape index (κ2) is 9.82. The molecule has 1 amide bonds. The van der Waals surface area contributed by atoms with Crippen LogP contribution in [0.3, 0.4) is 0 Å². The topological polar surface area (TPSA) is 111 Å². The fraction of sp³-hybridized carbons (Fsp3) is 0.120. The van der Waals surface area contributed by atoms with E-state index in [4.69, 9.17) is 14.2 Å². The van der Waals surface area contributed by atoms with E-state index in [9.17, 15) is 4.79 Å². The van der Waals surface area contributed by atoms with Crippen LogP contribution in [0.2, 0.25) is 0 Å². The number of tetrazole rings is 1. The summed E-state index contributed by atoms with van der Waals surface area (Å²) in [6.07, 6.45) is 0. The number of benzene rings is 3. The van der Waals surface area contributed by atoms with Gasteiger partial charge in [0.15, 0.2) is 17.2 Å². The maximum absolute atomic E-state index is 13.1. The number of hydrogen-bond acceptors (Lipinski definition) is 8. The molecule has 2 N–H and O–H groups in total. The van der Waals surface area contributed by atoms with Crippen molar-refractivity contribution in [3.8, 4) is 28.4 Å². The minimum absolute atomic E-state index is 0.0741. The number of thiophene rings is 1. The Balaban J connectivity index is 1.46. The Morgan fingerprint density at radius 3 is 2.37 bits per heavy atom. The molecule has 0 aliphatic heterocycles. The zero-order valence-corrected chi connectivity index (χ0v) is 19.8. The third-order valence-electron chi connectivity index (χ3n) is 5.37. The number of aromatic amines is 1. The van der Waals surface area contributed by atoms with Gasteiger partial charge >= 0.3 is 0 Å². The molecule has 5 rings (SSSR count). The second-order valence-electron chi connectivity index (χ2n) is 7.50. The number of nitrogens with one attached hydrogen (secondary N) is 2. The standard InChI is InChI=1S/C25H21N5O4S/c1-32-19-12-18-21(13-20(19)33-2)35-23(24(31)26-25-27-29-30-28-25)22(18)34-14-15-8-10-17(11-9-15)16-6-4-3-5-7-16/h3-13H,14H2,1-2H3,(H2,26,27,28,29,30,31). The van der Waals surface area contributed by atoms with Crippen LogP contribution >= 0.6 is 11.3 Å². The minimum Gasteiger partial charge on any atom is -0.493 e. The molecule has 0 aliphatic carbocycles. The van der Waals surface area contributed by atoms with Crippen LogP contribution in [0.15, 0.2) is 66.7 Å². The first-order valence-electron chi connectivity index (χ1n) is 10.7. The minimum atomic E-state index is -0.403. The maximum atomic E-state index is 13.1. The molecule has 35 heavy (non-hydrogen) atoms. The van der Waals surface area contributed by atoms with E-state index in [-0.39, 0.29) is 12.6 Å². The van der Waals surface area contributed by atoms with Crippen molar-refractivity contribution in [2.45, 2.75) is 6.61 Å². The lowest BCUT2D eigenvalue weighted by molar-refractivity contribution is 0.102. The molecule has 0 saturated heterocycles. The molecule has 2 aromatic heterocycles. The number of H-pyrrole nitrogens is 1. The molecule has 0 atom stereocenters. The van der Waals surface area contributed by atoms with Crippen LogP contribution in [-0.4, -0.2) is 40.8 Å². The van der Waals surface area contributed by atoms with Crippen LogP contribution < -0.4 is 19.5 Å². The Hall–Kier alpha value is -4.44. The third-order valence-corrected chi connectivity index (χ3v) is 6.50. The molecule has 0 aliphatic rings. The molecule has 2 heterocycles. The van der Waals surface area contributed by atoms with Crippen molar-refractivity contribution in [2.75, 3.05) is 19.5 Å². The van der Waals surface area contributed by atoms with E-state index >= 15 is 0 Å². The number of rotatable bonds is 8. The van der Waals surface area contributed by atoms with Gasteiger partial charge < -0.3 is 14.2 Å². The molecule has 0 spiro atoms. The van der Waals surface area contributed by atoms with Gasteiger partial charge in [-0.05, 0) is 28.0 Å². The van der Waals surface area contributed by atoms with E-state index in [1.165, 1.54) is 11.3 Å². The molecule has 0 saturated carbocycles. The SMILES string of the molecule is COc1cc2sc(C(=O)Nc3nn[nH]n3)c(OCc3ccc(-c4ccccc4)cc3)c2cc1OC. The second-order valence-corrected chi connectivity index (χ2v) is 8.56. The third kappa shape index (κ3) is 4.64. The van der Waals surface area contributed by atoms with Gasteiger partial charge in [-0.25, -0.2) is 0 Å². The molecular formula is C25H21N5O4S. The number of carbonyl (C=O) groups excluding carboxylic acids is 1. The van der Waals surface area contributed by atoms with E-state index in [0.717, 1.165) is 26.8 Å². The van der Waals surface area contributed by atoms with Gasteiger partial charge in [-0.2, -0.15) is 5.21 Å². The predicted molar refractivity (Wildman–Crippen MR) is 133 cm³/mol. The van der Waals surface area contributed by atoms with Crippen LogP contribution in [0.1, 0.15) is 15.2 Å². The van der Waals surface area contributed by atoms with Crippen LogP contribution in [-0.2, 0) is 6.61 Å². The van der Waals surface area contributed by atoms with Crippen molar-refractivity contribution in [2.24, 2.45) is 0 Å². The van der Waals surface area contributed by atoms with Gasteiger partial charge in [0.2, 0.25) is 0 Å². The van der Waals surface area contributed by atoms with Crippen molar-refractivity contribution in [3.05, 3.63) is 77.2 Å². The summed E-state index contributed by atoms with van der Waals surface area (Å²) >= 11 is 1.28. The first-order chi connectivity index (χ1) is 17.2. The quantitative estimate of drug-likeness (QED) is 0.319. The van der Waals surface area contributed by atoms with Crippen LogP contribution in [0.4, 0.5) is 5.95 Å². The Bertz CT molecular complexity index is 1450. The highest BCUT2D eigenvalue weighted by Gasteiger charge is 2.23. The molecule has 0 radical (unpaired) electrons. The molecule has 3 aromatic carbocycles. The maximum Gasteiger partial charge on any atom is 0.272 e. The van der Waals surface area contributed by atoms with Gasteiger partial charge in [0.05, 0.1) is 14.2 Å². The van der Waals surface area contributed by atoms with Gasteiger partial charge in [-0.15, -0.1) is 16.4 Å². The zero-order valence-electron chi connectivity index (χ0n) is 18.9. The van der Waals surface area contributed by atoms with Crippen LogP contribution in [0.25, 0.3) is 21.2 Å². The normalized spacial score (nSPS) is 10.8. The van der Waals surface area contributed by atoms with Gasteiger partial charge in [0.1, 0.15) is 11.5 Å². The largest absolute Gasteiger partial charge is 0.493 e. The summed E-state index contributed by atoms with van der Waals surface area (Å²) < 4.78 is 17.9. The lowest BCUT2D eigenvalue weighted by Crippen LogP contribution is -2.13. The smallest absolute Gasteiger partial charge is 0.272 e. The summed E-state index contributed by atoms with van der Waals surface area (Å²) in [5.74, 6) is 1.22. The molecule has 0 bridgehead atoms.